The van der Waals surface area contributed by atoms with Gasteiger partial charge in [-0.15, -0.1) is 10.2 Å². The van der Waals surface area contributed by atoms with Crippen molar-refractivity contribution in [2.75, 3.05) is 0 Å². The molecule has 3 rings (SSSR count). The number of nitrogens with zero attached hydrogens (tertiary/aromatic N) is 2. The van der Waals surface area contributed by atoms with E-state index in [1.54, 1.807) is 0 Å². The maximum atomic E-state index is 4.40. The summed E-state index contributed by atoms with van der Waals surface area (Å²) >= 11 is 0. The number of hydrogen-bond acceptors (Lipinski definition) is 2. The van der Waals surface area contributed by atoms with Crippen molar-refractivity contribution in [1.82, 2.24) is 10.2 Å². The minimum Gasteiger partial charge on any atom is -0.150 e. The molecular weight excluding hydrogens is 244 g/mol. The molecule has 2 heteroatoms. The van der Waals surface area contributed by atoms with E-state index in [0.29, 0.717) is 11.8 Å². The number of rotatable bonds is 2. The zero-order chi connectivity index (χ0) is 14.3. The highest BCUT2D eigenvalue weighted by atomic mass is 15.1. The highest BCUT2D eigenvalue weighted by molar-refractivity contribution is 6.03. The van der Waals surface area contributed by atoms with E-state index in [4.69, 9.17) is 0 Å². The number of hydrogen-bond donors (Lipinski definition) is 0. The number of aromatic nitrogens is 2. The molecule has 0 saturated heterocycles. The van der Waals surface area contributed by atoms with Gasteiger partial charge in [0.2, 0.25) is 0 Å². The van der Waals surface area contributed by atoms with Gasteiger partial charge in [-0.3, -0.25) is 0 Å². The Labute approximate surface area is 119 Å². The Morgan fingerprint density at radius 3 is 1.40 bits per heavy atom. The fourth-order valence-corrected chi connectivity index (χ4v) is 2.54. The van der Waals surface area contributed by atoms with Crippen molar-refractivity contribution in [2.24, 2.45) is 0 Å². The molecule has 0 amide bonds. The largest absolute Gasteiger partial charge is 0.150 e. The van der Waals surface area contributed by atoms with Crippen LogP contribution in [0.15, 0.2) is 36.4 Å². The Kier molecular flexibility index (Phi) is 3.17. The van der Waals surface area contributed by atoms with Gasteiger partial charge < -0.3 is 0 Å². The van der Waals surface area contributed by atoms with Crippen molar-refractivity contribution < 1.29 is 0 Å². The zero-order valence-corrected chi connectivity index (χ0v) is 12.5. The summed E-state index contributed by atoms with van der Waals surface area (Å²) in [6, 6.07) is 13.1. The molecule has 3 aromatic rings. The minimum atomic E-state index is 0.514. The second kappa shape index (κ2) is 4.86. The topological polar surface area (TPSA) is 25.8 Å². The molecular formula is C18H20N2. The van der Waals surface area contributed by atoms with Gasteiger partial charge in [-0.25, -0.2) is 0 Å². The van der Waals surface area contributed by atoms with E-state index in [-0.39, 0.29) is 0 Å². The van der Waals surface area contributed by atoms with Crippen LogP contribution in [-0.2, 0) is 0 Å². The quantitative estimate of drug-likeness (QED) is 0.607. The lowest BCUT2D eigenvalue weighted by molar-refractivity contribution is 0.866. The van der Waals surface area contributed by atoms with Crippen LogP contribution in [-0.4, -0.2) is 10.2 Å². The van der Waals surface area contributed by atoms with Crippen LogP contribution in [0.25, 0.3) is 21.8 Å². The van der Waals surface area contributed by atoms with E-state index in [9.17, 15) is 0 Å². The second-order valence-electron chi connectivity index (χ2n) is 6.06. The first-order valence-electron chi connectivity index (χ1n) is 7.26. The summed E-state index contributed by atoms with van der Waals surface area (Å²) in [6.07, 6.45) is 0. The summed E-state index contributed by atoms with van der Waals surface area (Å²) in [6.45, 7) is 8.80. The van der Waals surface area contributed by atoms with Crippen molar-refractivity contribution in [1.29, 1.82) is 0 Å². The summed E-state index contributed by atoms with van der Waals surface area (Å²) in [4.78, 5) is 0. The normalized spacial score (nSPS) is 11.9. The second-order valence-corrected chi connectivity index (χ2v) is 6.06. The number of benzene rings is 2. The predicted molar refractivity (Wildman–Crippen MR) is 85.2 cm³/mol. The Morgan fingerprint density at radius 1 is 0.650 bits per heavy atom. The average Bonchev–Trinajstić information content (AvgIpc) is 2.45. The third kappa shape index (κ3) is 2.15. The molecule has 1 heterocycles. The number of fused-ring (bicyclic) bond motifs is 3. The molecule has 102 valence electrons. The first kappa shape index (κ1) is 13.0. The molecule has 0 aliphatic rings. The van der Waals surface area contributed by atoms with Crippen LogP contribution in [0.1, 0.15) is 50.7 Å². The minimum absolute atomic E-state index is 0.514. The van der Waals surface area contributed by atoms with Crippen molar-refractivity contribution in [3.63, 3.8) is 0 Å². The van der Waals surface area contributed by atoms with E-state index in [1.165, 1.54) is 21.9 Å². The maximum absolute atomic E-state index is 4.40. The molecule has 0 aliphatic carbocycles. The van der Waals surface area contributed by atoms with Gasteiger partial charge in [-0.1, -0.05) is 52.0 Å². The van der Waals surface area contributed by atoms with Gasteiger partial charge in [-0.05, 0) is 35.1 Å². The molecule has 0 spiro atoms. The van der Waals surface area contributed by atoms with Crippen molar-refractivity contribution >= 4 is 21.8 Å². The van der Waals surface area contributed by atoms with E-state index in [1.807, 2.05) is 0 Å². The third-order valence-corrected chi connectivity index (χ3v) is 3.93. The third-order valence-electron chi connectivity index (χ3n) is 3.93. The van der Waals surface area contributed by atoms with Gasteiger partial charge in [-0.2, -0.15) is 0 Å². The van der Waals surface area contributed by atoms with E-state index < -0.39 is 0 Å². The average molecular weight is 264 g/mol. The maximum Gasteiger partial charge on any atom is 0.0939 e. The fourth-order valence-electron chi connectivity index (χ4n) is 2.54. The first-order chi connectivity index (χ1) is 9.56. The molecule has 0 aliphatic heterocycles. The molecule has 20 heavy (non-hydrogen) atoms. The van der Waals surface area contributed by atoms with Crippen molar-refractivity contribution in [3.8, 4) is 0 Å². The van der Waals surface area contributed by atoms with Crippen LogP contribution < -0.4 is 0 Å². The predicted octanol–water partition coefficient (Wildman–Crippen LogP) is 5.03. The van der Waals surface area contributed by atoms with Crippen LogP contribution in [0, 0.1) is 0 Å². The van der Waals surface area contributed by atoms with Crippen molar-refractivity contribution in [3.05, 3.63) is 47.5 Å². The van der Waals surface area contributed by atoms with Gasteiger partial charge in [0.05, 0.1) is 11.0 Å². The van der Waals surface area contributed by atoms with Crippen LogP contribution in [0.2, 0.25) is 0 Å². The summed E-state index contributed by atoms with van der Waals surface area (Å²) in [5, 5.41) is 11.2. The smallest absolute Gasteiger partial charge is 0.0939 e. The molecule has 2 aromatic carbocycles. The van der Waals surface area contributed by atoms with Crippen LogP contribution in [0.5, 0.6) is 0 Å². The molecule has 0 atom stereocenters. The fraction of sp³-hybridized carbons (Fsp3) is 0.333. The summed E-state index contributed by atoms with van der Waals surface area (Å²) in [5.74, 6) is 1.03. The summed E-state index contributed by atoms with van der Waals surface area (Å²) in [7, 11) is 0. The van der Waals surface area contributed by atoms with Gasteiger partial charge in [0.15, 0.2) is 0 Å². The van der Waals surface area contributed by atoms with Crippen LogP contribution in [0.3, 0.4) is 0 Å². The van der Waals surface area contributed by atoms with Crippen LogP contribution in [0.4, 0.5) is 0 Å². The molecule has 0 saturated carbocycles. The molecule has 0 N–H and O–H groups in total. The SMILES string of the molecule is CC(C)c1ccc2c(c1)nnc1cc(C(C)C)ccc12. The lowest BCUT2D eigenvalue weighted by Gasteiger charge is -2.09. The molecule has 1 aromatic heterocycles. The standard InChI is InChI=1S/C18H20N2/c1-11(2)13-5-7-15-16-8-6-14(12(3)4)10-18(16)20-19-17(15)9-13/h5-12H,1-4H3. The molecule has 0 unspecified atom stereocenters. The zero-order valence-electron chi connectivity index (χ0n) is 12.5. The van der Waals surface area contributed by atoms with Gasteiger partial charge >= 0.3 is 0 Å². The first-order valence-corrected chi connectivity index (χ1v) is 7.26. The lowest BCUT2D eigenvalue weighted by atomic mass is 9.98. The Bertz CT molecular complexity index is 706. The summed E-state index contributed by atoms with van der Waals surface area (Å²) in [5.41, 5.74) is 4.59. The van der Waals surface area contributed by atoms with E-state index in [2.05, 4.69) is 74.3 Å². The lowest BCUT2D eigenvalue weighted by Crippen LogP contribution is -1.93. The highest BCUT2D eigenvalue weighted by Gasteiger charge is 2.08. The van der Waals surface area contributed by atoms with Gasteiger partial charge in [0, 0.05) is 10.8 Å². The van der Waals surface area contributed by atoms with Crippen LogP contribution >= 0.6 is 0 Å². The molecule has 0 fully saturated rings. The van der Waals surface area contributed by atoms with E-state index in [0.717, 1.165) is 11.0 Å². The molecule has 0 bridgehead atoms. The summed E-state index contributed by atoms with van der Waals surface area (Å²) < 4.78 is 0. The van der Waals surface area contributed by atoms with Gasteiger partial charge in [0.25, 0.3) is 0 Å². The highest BCUT2D eigenvalue weighted by Crippen LogP contribution is 2.27. The van der Waals surface area contributed by atoms with Crippen molar-refractivity contribution in [2.45, 2.75) is 39.5 Å². The Balaban J connectivity index is 2.25. The molecule has 2 nitrogen and oxygen atoms in total. The Hall–Kier alpha value is -1.96. The monoisotopic (exact) mass is 264 g/mol. The Morgan fingerprint density at radius 2 is 1.05 bits per heavy atom. The molecule has 0 radical (unpaired) electrons. The van der Waals surface area contributed by atoms with Gasteiger partial charge in [0.1, 0.15) is 0 Å². The van der Waals surface area contributed by atoms with E-state index >= 15 is 0 Å².